The van der Waals surface area contributed by atoms with Crippen LogP contribution in [0.1, 0.15) is 98.3 Å². The number of alkyl halides is 1. The SMILES string of the molecule is C=C1CC[C@@H](F)C/C1=C/C=C1\CCC[C@]2(C)[C@@H]([C@H](C)CCCC(C)C)CC[C@@H]12. The molecule has 0 spiro atoms. The van der Waals surface area contributed by atoms with Gasteiger partial charge in [-0.25, -0.2) is 4.39 Å². The Morgan fingerprint density at radius 1 is 1.11 bits per heavy atom. The molecule has 0 aromatic rings. The van der Waals surface area contributed by atoms with Gasteiger partial charge in [0.25, 0.3) is 0 Å². The second-order valence-electron chi connectivity index (χ2n) is 10.8. The number of hydrogen-bond acceptors (Lipinski definition) is 0. The van der Waals surface area contributed by atoms with E-state index in [-0.39, 0.29) is 0 Å². The van der Waals surface area contributed by atoms with Gasteiger partial charge < -0.3 is 0 Å². The van der Waals surface area contributed by atoms with Crippen molar-refractivity contribution in [2.45, 2.75) is 104 Å². The summed E-state index contributed by atoms with van der Waals surface area (Å²) >= 11 is 0. The van der Waals surface area contributed by atoms with Gasteiger partial charge in [-0.1, -0.05) is 76.8 Å². The third-order valence-electron chi connectivity index (χ3n) is 8.32. The lowest BCUT2D eigenvalue weighted by molar-refractivity contribution is 0.0929. The van der Waals surface area contributed by atoms with E-state index in [0.717, 1.165) is 41.2 Å². The van der Waals surface area contributed by atoms with E-state index in [4.69, 9.17) is 0 Å². The molecule has 3 fully saturated rings. The standard InChI is InChI=1S/C27H43F/c1-19(2)8-6-9-21(4)25-15-16-26-22(10-7-17-27(25,26)5)12-13-23-18-24(28)14-11-20(23)3/h12-13,19,21,24-26H,3,6-11,14-18H2,1-2,4-5H3/b22-12+,23-13-/t21-,24-,25-,26+,27-/m1/s1. The molecule has 0 aromatic heterocycles. The number of hydrogen-bond donors (Lipinski definition) is 0. The van der Waals surface area contributed by atoms with Gasteiger partial charge in [0.15, 0.2) is 0 Å². The second kappa shape index (κ2) is 9.31. The van der Waals surface area contributed by atoms with Crippen molar-refractivity contribution in [2.75, 3.05) is 0 Å². The largest absolute Gasteiger partial charge is 0.247 e. The van der Waals surface area contributed by atoms with E-state index in [1.54, 1.807) is 5.57 Å². The number of rotatable bonds is 6. The van der Waals surface area contributed by atoms with Crippen LogP contribution in [0.2, 0.25) is 0 Å². The maximum atomic E-state index is 13.8. The summed E-state index contributed by atoms with van der Waals surface area (Å²) < 4.78 is 13.8. The third-order valence-corrected chi connectivity index (χ3v) is 8.32. The molecule has 0 N–H and O–H groups in total. The summed E-state index contributed by atoms with van der Waals surface area (Å²) in [5.41, 5.74) is 4.45. The minimum Gasteiger partial charge on any atom is -0.247 e. The molecule has 0 bridgehead atoms. The zero-order valence-corrected chi connectivity index (χ0v) is 18.9. The highest BCUT2D eigenvalue weighted by Crippen LogP contribution is 2.59. The van der Waals surface area contributed by atoms with Crippen LogP contribution in [0.5, 0.6) is 0 Å². The summed E-state index contributed by atoms with van der Waals surface area (Å²) in [6.07, 6.45) is 16.9. The summed E-state index contributed by atoms with van der Waals surface area (Å²) in [7, 11) is 0. The van der Waals surface area contributed by atoms with Gasteiger partial charge in [0.1, 0.15) is 6.17 Å². The third kappa shape index (κ3) is 4.82. The van der Waals surface area contributed by atoms with Crippen LogP contribution in [-0.4, -0.2) is 6.17 Å². The molecule has 3 aliphatic rings. The molecule has 0 radical (unpaired) electrons. The highest BCUT2D eigenvalue weighted by Gasteiger charge is 2.50. The van der Waals surface area contributed by atoms with Crippen molar-refractivity contribution in [1.82, 2.24) is 0 Å². The predicted octanol–water partition coefficient (Wildman–Crippen LogP) is 8.60. The average Bonchev–Trinajstić information content (AvgIpc) is 2.99. The summed E-state index contributed by atoms with van der Waals surface area (Å²) in [5.74, 6) is 3.29. The fourth-order valence-electron chi connectivity index (χ4n) is 6.63. The predicted molar refractivity (Wildman–Crippen MR) is 120 cm³/mol. The van der Waals surface area contributed by atoms with Gasteiger partial charge in [-0.05, 0) is 79.6 Å². The van der Waals surface area contributed by atoms with E-state index in [1.807, 2.05) is 0 Å². The topological polar surface area (TPSA) is 0 Å². The van der Waals surface area contributed by atoms with Crippen LogP contribution in [-0.2, 0) is 0 Å². The molecular formula is C27H43F. The van der Waals surface area contributed by atoms with Crippen molar-refractivity contribution in [2.24, 2.45) is 29.1 Å². The summed E-state index contributed by atoms with van der Waals surface area (Å²) in [5, 5.41) is 0. The maximum Gasteiger partial charge on any atom is 0.104 e. The molecule has 0 nitrogen and oxygen atoms in total. The molecule has 0 saturated heterocycles. The van der Waals surface area contributed by atoms with Crippen LogP contribution in [0.3, 0.4) is 0 Å². The highest BCUT2D eigenvalue weighted by molar-refractivity contribution is 5.36. The van der Waals surface area contributed by atoms with Crippen molar-refractivity contribution in [3.05, 3.63) is 35.5 Å². The fraction of sp³-hybridized carbons (Fsp3) is 0.778. The Labute approximate surface area is 173 Å². The Balaban J connectivity index is 1.70. The molecule has 0 amide bonds. The van der Waals surface area contributed by atoms with Gasteiger partial charge in [0.05, 0.1) is 0 Å². The number of allylic oxidation sites excluding steroid dienone is 5. The Bertz CT molecular complexity index is 610. The van der Waals surface area contributed by atoms with E-state index in [0.29, 0.717) is 18.3 Å². The van der Waals surface area contributed by atoms with E-state index in [2.05, 4.69) is 46.4 Å². The molecular weight excluding hydrogens is 343 g/mol. The molecule has 0 unspecified atom stereocenters. The maximum absolute atomic E-state index is 13.8. The molecule has 3 aliphatic carbocycles. The smallest absolute Gasteiger partial charge is 0.104 e. The number of fused-ring (bicyclic) bond motifs is 1. The van der Waals surface area contributed by atoms with Crippen molar-refractivity contribution in [3.8, 4) is 0 Å². The first-order chi connectivity index (χ1) is 13.3. The Kier molecular flexibility index (Phi) is 7.26. The first-order valence-electron chi connectivity index (χ1n) is 12.0. The minimum absolute atomic E-state index is 0.478. The molecule has 158 valence electrons. The van der Waals surface area contributed by atoms with E-state index in [9.17, 15) is 4.39 Å². The first-order valence-corrected chi connectivity index (χ1v) is 12.0. The van der Waals surface area contributed by atoms with Crippen molar-refractivity contribution in [1.29, 1.82) is 0 Å². The monoisotopic (exact) mass is 386 g/mol. The lowest BCUT2D eigenvalue weighted by Crippen LogP contribution is -2.36. The van der Waals surface area contributed by atoms with Gasteiger partial charge in [-0.2, -0.15) is 0 Å². The van der Waals surface area contributed by atoms with Gasteiger partial charge in [0, 0.05) is 6.42 Å². The van der Waals surface area contributed by atoms with Crippen molar-refractivity contribution >= 4 is 0 Å². The molecule has 0 heterocycles. The molecule has 28 heavy (non-hydrogen) atoms. The zero-order valence-electron chi connectivity index (χ0n) is 18.9. The van der Waals surface area contributed by atoms with E-state index < -0.39 is 6.17 Å². The first kappa shape index (κ1) is 21.8. The average molecular weight is 387 g/mol. The Hall–Kier alpha value is -0.850. The van der Waals surface area contributed by atoms with E-state index in [1.165, 1.54) is 51.4 Å². The molecule has 3 saturated carbocycles. The fourth-order valence-corrected chi connectivity index (χ4v) is 6.63. The van der Waals surface area contributed by atoms with Crippen LogP contribution in [0.15, 0.2) is 35.5 Å². The molecule has 5 atom stereocenters. The lowest BCUT2D eigenvalue weighted by Gasteiger charge is -2.44. The van der Waals surface area contributed by atoms with Crippen LogP contribution in [0.25, 0.3) is 0 Å². The van der Waals surface area contributed by atoms with Crippen LogP contribution < -0.4 is 0 Å². The molecule has 1 heteroatoms. The van der Waals surface area contributed by atoms with Crippen LogP contribution in [0.4, 0.5) is 4.39 Å². The summed E-state index contributed by atoms with van der Waals surface area (Å²) in [6, 6.07) is 0. The number of halogens is 1. The van der Waals surface area contributed by atoms with Crippen molar-refractivity contribution in [3.63, 3.8) is 0 Å². The molecule has 0 aliphatic heterocycles. The quantitative estimate of drug-likeness (QED) is 0.428. The second-order valence-corrected chi connectivity index (χ2v) is 10.8. The normalized spacial score (nSPS) is 37.6. The minimum atomic E-state index is -0.672. The van der Waals surface area contributed by atoms with Gasteiger partial charge >= 0.3 is 0 Å². The van der Waals surface area contributed by atoms with Crippen molar-refractivity contribution < 1.29 is 4.39 Å². The Morgan fingerprint density at radius 3 is 2.64 bits per heavy atom. The summed E-state index contributed by atoms with van der Waals surface area (Å²) in [6.45, 7) is 14.0. The lowest BCUT2D eigenvalue weighted by atomic mass is 9.60. The summed E-state index contributed by atoms with van der Waals surface area (Å²) in [4.78, 5) is 0. The van der Waals surface area contributed by atoms with Gasteiger partial charge in [0.2, 0.25) is 0 Å². The van der Waals surface area contributed by atoms with E-state index >= 15 is 0 Å². The van der Waals surface area contributed by atoms with Gasteiger partial charge in [-0.15, -0.1) is 0 Å². The van der Waals surface area contributed by atoms with Crippen LogP contribution in [0, 0.1) is 29.1 Å². The van der Waals surface area contributed by atoms with Crippen LogP contribution >= 0.6 is 0 Å². The molecule has 0 aromatic carbocycles. The highest BCUT2D eigenvalue weighted by atomic mass is 19.1. The zero-order chi connectivity index (χ0) is 20.3. The Morgan fingerprint density at radius 2 is 1.89 bits per heavy atom. The van der Waals surface area contributed by atoms with Gasteiger partial charge in [-0.3, -0.25) is 0 Å². The molecule has 3 rings (SSSR count).